The highest BCUT2D eigenvalue weighted by molar-refractivity contribution is 14.1. The minimum absolute atomic E-state index is 0.176. The van der Waals surface area contributed by atoms with E-state index >= 15 is 0 Å². The van der Waals surface area contributed by atoms with Crippen molar-refractivity contribution in [3.8, 4) is 11.5 Å². The number of hydrogen-bond donors (Lipinski definition) is 1. The monoisotopic (exact) mass is 415 g/mol. The molecule has 0 spiro atoms. The molecule has 0 radical (unpaired) electrons. The molecule has 1 heterocycles. The van der Waals surface area contributed by atoms with Gasteiger partial charge in [0.1, 0.15) is 0 Å². The van der Waals surface area contributed by atoms with Crippen LogP contribution in [0, 0.1) is 3.57 Å². The molecule has 4 nitrogen and oxygen atoms in total. The first kappa shape index (κ1) is 14.5. The smallest absolute Gasteiger partial charge is 0.251 e. The first-order valence-corrected chi connectivity index (χ1v) is 7.71. The van der Waals surface area contributed by atoms with Crippen LogP contribution in [0.15, 0.2) is 36.4 Å². The van der Waals surface area contributed by atoms with Crippen LogP contribution >= 0.6 is 34.2 Å². The molecule has 0 saturated heterocycles. The summed E-state index contributed by atoms with van der Waals surface area (Å²) in [4.78, 5) is 12.1. The lowest BCUT2D eigenvalue weighted by Crippen LogP contribution is -2.23. The normalized spacial score (nSPS) is 12.3. The van der Waals surface area contributed by atoms with E-state index in [2.05, 4.69) is 27.9 Å². The number of halogens is 2. The number of rotatable bonds is 3. The highest BCUT2D eigenvalue weighted by atomic mass is 127. The van der Waals surface area contributed by atoms with Crippen molar-refractivity contribution in [1.29, 1.82) is 0 Å². The maximum Gasteiger partial charge on any atom is 0.251 e. The van der Waals surface area contributed by atoms with Crippen molar-refractivity contribution in [2.24, 2.45) is 0 Å². The van der Waals surface area contributed by atoms with Gasteiger partial charge in [0.25, 0.3) is 5.91 Å². The molecule has 21 heavy (non-hydrogen) atoms. The lowest BCUT2D eigenvalue weighted by molar-refractivity contribution is 0.0950. The molecular weight excluding hydrogens is 405 g/mol. The number of fused-ring (bicyclic) bond motifs is 1. The molecule has 3 rings (SSSR count). The summed E-state index contributed by atoms with van der Waals surface area (Å²) in [5, 5.41) is 3.43. The van der Waals surface area contributed by atoms with Crippen LogP contribution in [0.25, 0.3) is 0 Å². The van der Waals surface area contributed by atoms with E-state index in [1.54, 1.807) is 12.1 Å². The Labute approximate surface area is 140 Å². The van der Waals surface area contributed by atoms with E-state index in [1.807, 2.05) is 24.3 Å². The van der Waals surface area contributed by atoms with E-state index in [0.717, 1.165) is 9.13 Å². The molecule has 0 fully saturated rings. The zero-order valence-electron chi connectivity index (χ0n) is 10.9. The van der Waals surface area contributed by atoms with Gasteiger partial charge in [-0.15, -0.1) is 0 Å². The lowest BCUT2D eigenvalue weighted by Gasteiger charge is -2.08. The standard InChI is InChI=1S/C15H11ClINO3/c16-11-6-9(4-5-12(11)17)15(19)18-7-10-2-1-3-13-14(10)21-8-20-13/h1-6H,7-8H2,(H,18,19). The maximum absolute atomic E-state index is 12.1. The van der Waals surface area contributed by atoms with E-state index < -0.39 is 0 Å². The van der Waals surface area contributed by atoms with Gasteiger partial charge in [0.05, 0.1) is 5.02 Å². The van der Waals surface area contributed by atoms with Gasteiger partial charge < -0.3 is 14.8 Å². The molecule has 0 saturated carbocycles. The van der Waals surface area contributed by atoms with Crippen LogP contribution in [0.1, 0.15) is 15.9 Å². The number of carbonyl (C=O) groups is 1. The number of amides is 1. The van der Waals surface area contributed by atoms with Crippen LogP contribution in [-0.2, 0) is 6.54 Å². The third kappa shape index (κ3) is 3.08. The van der Waals surface area contributed by atoms with Crippen LogP contribution in [0.3, 0.4) is 0 Å². The molecule has 1 aliphatic rings. The molecule has 0 unspecified atom stereocenters. The predicted molar refractivity (Wildman–Crippen MR) is 87.9 cm³/mol. The summed E-state index contributed by atoms with van der Waals surface area (Å²) in [7, 11) is 0. The van der Waals surface area contributed by atoms with Crippen molar-refractivity contribution in [2.45, 2.75) is 6.54 Å². The molecule has 2 aromatic rings. The van der Waals surface area contributed by atoms with Gasteiger partial charge in [0.15, 0.2) is 11.5 Å². The molecule has 1 aliphatic heterocycles. The fraction of sp³-hybridized carbons (Fsp3) is 0.133. The first-order valence-electron chi connectivity index (χ1n) is 6.26. The average Bonchev–Trinajstić information content (AvgIpc) is 2.96. The number of hydrogen-bond acceptors (Lipinski definition) is 3. The van der Waals surface area contributed by atoms with Crippen LogP contribution in [-0.4, -0.2) is 12.7 Å². The Morgan fingerprint density at radius 1 is 1.29 bits per heavy atom. The van der Waals surface area contributed by atoms with Gasteiger partial charge >= 0.3 is 0 Å². The minimum Gasteiger partial charge on any atom is -0.454 e. The number of ether oxygens (including phenoxy) is 2. The predicted octanol–water partition coefficient (Wildman–Crippen LogP) is 3.60. The summed E-state index contributed by atoms with van der Waals surface area (Å²) in [6.45, 7) is 0.585. The summed E-state index contributed by atoms with van der Waals surface area (Å²) in [5.41, 5.74) is 1.42. The van der Waals surface area contributed by atoms with E-state index in [1.165, 1.54) is 0 Å². The summed E-state index contributed by atoms with van der Waals surface area (Å²) >= 11 is 8.15. The first-order chi connectivity index (χ1) is 10.1. The summed E-state index contributed by atoms with van der Waals surface area (Å²) in [5.74, 6) is 1.22. The Hall–Kier alpha value is -1.47. The second-order valence-electron chi connectivity index (χ2n) is 4.46. The van der Waals surface area contributed by atoms with Gasteiger partial charge in [-0.2, -0.15) is 0 Å². The summed E-state index contributed by atoms with van der Waals surface area (Å²) < 4.78 is 11.6. The Kier molecular flexibility index (Phi) is 4.21. The third-order valence-corrected chi connectivity index (χ3v) is 4.67. The number of nitrogens with one attached hydrogen (secondary N) is 1. The van der Waals surface area contributed by atoms with E-state index in [-0.39, 0.29) is 12.7 Å². The Morgan fingerprint density at radius 2 is 2.14 bits per heavy atom. The zero-order chi connectivity index (χ0) is 14.8. The van der Waals surface area contributed by atoms with E-state index in [4.69, 9.17) is 21.1 Å². The molecule has 1 N–H and O–H groups in total. The van der Waals surface area contributed by atoms with Gasteiger partial charge in [-0.3, -0.25) is 4.79 Å². The molecule has 1 amide bonds. The van der Waals surface area contributed by atoms with Gasteiger partial charge in [0.2, 0.25) is 6.79 Å². The quantitative estimate of drug-likeness (QED) is 0.779. The molecule has 0 aliphatic carbocycles. The number of benzene rings is 2. The molecule has 6 heteroatoms. The molecule has 2 aromatic carbocycles. The van der Waals surface area contributed by atoms with Crippen molar-refractivity contribution >= 4 is 40.1 Å². The summed E-state index contributed by atoms with van der Waals surface area (Å²) in [6.07, 6.45) is 0. The van der Waals surface area contributed by atoms with Crippen molar-refractivity contribution < 1.29 is 14.3 Å². The minimum atomic E-state index is -0.176. The Balaban J connectivity index is 1.72. The number of para-hydroxylation sites is 1. The second-order valence-corrected chi connectivity index (χ2v) is 6.03. The second kappa shape index (κ2) is 6.11. The highest BCUT2D eigenvalue weighted by Crippen LogP contribution is 2.35. The van der Waals surface area contributed by atoms with Gasteiger partial charge in [-0.05, 0) is 46.9 Å². The fourth-order valence-electron chi connectivity index (χ4n) is 2.04. The zero-order valence-corrected chi connectivity index (χ0v) is 13.8. The molecule has 108 valence electrons. The topological polar surface area (TPSA) is 47.6 Å². The van der Waals surface area contributed by atoms with E-state index in [9.17, 15) is 4.79 Å². The molecule has 0 bridgehead atoms. The largest absolute Gasteiger partial charge is 0.454 e. The van der Waals surface area contributed by atoms with Gasteiger partial charge in [0, 0.05) is 21.2 Å². The van der Waals surface area contributed by atoms with Crippen LogP contribution in [0.2, 0.25) is 5.02 Å². The van der Waals surface area contributed by atoms with E-state index in [0.29, 0.717) is 28.6 Å². The molecular formula is C15H11ClINO3. The molecule has 0 atom stereocenters. The summed E-state index contributed by atoms with van der Waals surface area (Å²) in [6, 6.07) is 10.8. The Bertz CT molecular complexity index is 705. The van der Waals surface area contributed by atoms with Crippen LogP contribution in [0.5, 0.6) is 11.5 Å². The SMILES string of the molecule is O=C(NCc1cccc2c1OCO2)c1ccc(I)c(Cl)c1. The average molecular weight is 416 g/mol. The number of carbonyl (C=O) groups excluding carboxylic acids is 1. The highest BCUT2D eigenvalue weighted by Gasteiger charge is 2.17. The molecule has 0 aromatic heterocycles. The fourth-order valence-corrected chi connectivity index (χ4v) is 2.56. The van der Waals surface area contributed by atoms with Crippen molar-refractivity contribution in [2.75, 3.05) is 6.79 Å². The maximum atomic E-state index is 12.1. The van der Waals surface area contributed by atoms with Gasteiger partial charge in [-0.1, -0.05) is 23.7 Å². The van der Waals surface area contributed by atoms with Crippen LogP contribution < -0.4 is 14.8 Å². The van der Waals surface area contributed by atoms with Crippen molar-refractivity contribution in [1.82, 2.24) is 5.32 Å². The van der Waals surface area contributed by atoms with Gasteiger partial charge in [-0.25, -0.2) is 0 Å². The van der Waals surface area contributed by atoms with Crippen LogP contribution in [0.4, 0.5) is 0 Å². The van der Waals surface area contributed by atoms with Crippen molar-refractivity contribution in [3.05, 3.63) is 56.1 Å². The third-order valence-electron chi connectivity index (χ3n) is 3.10. The lowest BCUT2D eigenvalue weighted by atomic mass is 10.1. The Morgan fingerprint density at radius 3 is 2.95 bits per heavy atom. The van der Waals surface area contributed by atoms with Crippen molar-refractivity contribution in [3.63, 3.8) is 0 Å².